The maximum atomic E-state index is 12.8. The smallest absolute Gasteiger partial charge is 0.289 e. The summed E-state index contributed by atoms with van der Waals surface area (Å²) in [6.07, 6.45) is 0.883. The van der Waals surface area contributed by atoms with E-state index >= 15 is 0 Å². The number of nitrogens with zero attached hydrogens (tertiary/aromatic N) is 1. The number of hydrogen-bond donors (Lipinski definition) is 0. The van der Waals surface area contributed by atoms with Gasteiger partial charge in [-0.2, -0.15) is 0 Å². The van der Waals surface area contributed by atoms with Crippen LogP contribution in [0, 0.1) is 0 Å². The Balaban J connectivity index is 1.53. The highest BCUT2D eigenvalue weighted by Crippen LogP contribution is 2.26. The number of rotatable bonds is 3. The Kier molecular flexibility index (Phi) is 4.02. The third-order valence-corrected chi connectivity index (χ3v) is 4.61. The average Bonchev–Trinajstić information content (AvgIpc) is 3.17. The molecule has 0 atom stereocenters. The summed E-state index contributed by atoms with van der Waals surface area (Å²) in [5.74, 6) is 1.79. The van der Waals surface area contributed by atoms with Crippen molar-refractivity contribution in [2.45, 2.75) is 13.0 Å². The van der Waals surface area contributed by atoms with Gasteiger partial charge in [0.25, 0.3) is 5.91 Å². The fraction of sp³-hybridized carbons (Fsp3) is 0.190. The number of methoxy groups -OCH3 is 1. The first-order valence-electron chi connectivity index (χ1n) is 8.35. The topological polar surface area (TPSA) is 42.7 Å². The van der Waals surface area contributed by atoms with E-state index in [0.29, 0.717) is 24.6 Å². The summed E-state index contributed by atoms with van der Waals surface area (Å²) in [5, 5.41) is 0. The first-order valence-corrected chi connectivity index (χ1v) is 8.35. The predicted molar refractivity (Wildman–Crippen MR) is 95.6 cm³/mol. The lowest BCUT2D eigenvalue weighted by atomic mass is 10.00. The molecule has 25 heavy (non-hydrogen) atoms. The highest BCUT2D eigenvalue weighted by atomic mass is 16.5. The van der Waals surface area contributed by atoms with Crippen LogP contribution in [0.3, 0.4) is 0 Å². The van der Waals surface area contributed by atoms with Gasteiger partial charge in [-0.1, -0.05) is 24.3 Å². The molecule has 1 amide bonds. The molecule has 0 N–H and O–H groups in total. The Bertz CT molecular complexity index is 896. The minimum Gasteiger partial charge on any atom is -0.497 e. The van der Waals surface area contributed by atoms with Crippen molar-refractivity contribution in [3.05, 3.63) is 77.6 Å². The van der Waals surface area contributed by atoms with Crippen molar-refractivity contribution in [1.29, 1.82) is 0 Å². The summed E-state index contributed by atoms with van der Waals surface area (Å²) in [6, 6.07) is 19.5. The standard InChI is InChI=1S/C21H19NO3/c1-24-18-8-6-16(7-9-18)19-10-11-20(25-19)21(23)22-13-12-15-4-2-3-5-17(15)14-22/h2-11H,12-14H2,1H3. The summed E-state index contributed by atoms with van der Waals surface area (Å²) in [7, 11) is 1.63. The van der Waals surface area contributed by atoms with Crippen LogP contribution in [0.2, 0.25) is 0 Å². The monoisotopic (exact) mass is 333 g/mol. The van der Waals surface area contributed by atoms with E-state index in [1.165, 1.54) is 11.1 Å². The molecular weight excluding hydrogens is 314 g/mol. The Morgan fingerprint density at radius 1 is 1.00 bits per heavy atom. The van der Waals surface area contributed by atoms with Gasteiger partial charge in [-0.15, -0.1) is 0 Å². The first kappa shape index (κ1) is 15.5. The second kappa shape index (κ2) is 6.48. The van der Waals surface area contributed by atoms with Gasteiger partial charge in [-0.25, -0.2) is 0 Å². The molecule has 0 radical (unpaired) electrons. The maximum Gasteiger partial charge on any atom is 0.289 e. The van der Waals surface area contributed by atoms with Crippen molar-refractivity contribution in [1.82, 2.24) is 4.90 Å². The maximum absolute atomic E-state index is 12.8. The number of amides is 1. The molecule has 126 valence electrons. The van der Waals surface area contributed by atoms with Crippen LogP contribution in [0.4, 0.5) is 0 Å². The van der Waals surface area contributed by atoms with E-state index in [-0.39, 0.29) is 5.91 Å². The van der Waals surface area contributed by atoms with Gasteiger partial charge in [0.1, 0.15) is 11.5 Å². The van der Waals surface area contributed by atoms with Crippen LogP contribution in [0.15, 0.2) is 65.1 Å². The normalized spacial score (nSPS) is 13.4. The van der Waals surface area contributed by atoms with Gasteiger partial charge < -0.3 is 14.1 Å². The van der Waals surface area contributed by atoms with Gasteiger partial charge in [0.05, 0.1) is 7.11 Å². The molecule has 0 fully saturated rings. The number of ether oxygens (including phenoxy) is 1. The highest BCUT2D eigenvalue weighted by Gasteiger charge is 2.23. The van der Waals surface area contributed by atoms with Crippen LogP contribution in [0.1, 0.15) is 21.7 Å². The lowest BCUT2D eigenvalue weighted by Gasteiger charge is -2.28. The number of hydrogen-bond acceptors (Lipinski definition) is 3. The van der Waals surface area contributed by atoms with E-state index in [1.54, 1.807) is 13.2 Å². The summed E-state index contributed by atoms with van der Waals surface area (Å²) in [4.78, 5) is 14.6. The Morgan fingerprint density at radius 2 is 1.76 bits per heavy atom. The molecule has 0 aliphatic carbocycles. The van der Waals surface area contributed by atoms with Crippen molar-refractivity contribution in [3.8, 4) is 17.1 Å². The van der Waals surface area contributed by atoms with Gasteiger partial charge in [0, 0.05) is 18.7 Å². The molecule has 1 aliphatic rings. The molecule has 0 unspecified atom stereocenters. The molecule has 0 saturated heterocycles. The molecule has 1 aliphatic heterocycles. The molecular formula is C21H19NO3. The van der Waals surface area contributed by atoms with Crippen molar-refractivity contribution >= 4 is 5.91 Å². The first-order chi connectivity index (χ1) is 12.2. The SMILES string of the molecule is COc1ccc(-c2ccc(C(=O)N3CCc4ccccc4C3)o2)cc1. The minimum absolute atomic E-state index is 0.0609. The predicted octanol–water partition coefficient (Wildman–Crippen LogP) is 4.15. The van der Waals surface area contributed by atoms with E-state index in [0.717, 1.165) is 17.7 Å². The molecule has 4 nitrogen and oxygen atoms in total. The summed E-state index contributed by atoms with van der Waals surface area (Å²) in [6.45, 7) is 1.35. The molecule has 4 rings (SSSR count). The highest BCUT2D eigenvalue weighted by molar-refractivity contribution is 5.92. The Labute approximate surface area is 146 Å². The van der Waals surface area contributed by atoms with Gasteiger partial charge in [0.15, 0.2) is 5.76 Å². The minimum atomic E-state index is -0.0609. The zero-order chi connectivity index (χ0) is 17.2. The van der Waals surface area contributed by atoms with Gasteiger partial charge in [0.2, 0.25) is 0 Å². The number of furan rings is 1. The second-order valence-electron chi connectivity index (χ2n) is 6.14. The third kappa shape index (κ3) is 3.03. The van der Waals surface area contributed by atoms with Crippen LogP contribution in [0.25, 0.3) is 11.3 Å². The largest absolute Gasteiger partial charge is 0.497 e. The summed E-state index contributed by atoms with van der Waals surface area (Å²) >= 11 is 0. The van der Waals surface area contributed by atoms with E-state index in [9.17, 15) is 4.79 Å². The Morgan fingerprint density at radius 3 is 2.52 bits per heavy atom. The van der Waals surface area contributed by atoms with Crippen LogP contribution in [-0.4, -0.2) is 24.5 Å². The van der Waals surface area contributed by atoms with E-state index in [2.05, 4.69) is 12.1 Å². The zero-order valence-corrected chi connectivity index (χ0v) is 14.1. The fourth-order valence-corrected chi connectivity index (χ4v) is 3.19. The fourth-order valence-electron chi connectivity index (χ4n) is 3.19. The quantitative estimate of drug-likeness (QED) is 0.723. The van der Waals surface area contributed by atoms with Crippen molar-refractivity contribution in [3.63, 3.8) is 0 Å². The van der Waals surface area contributed by atoms with Crippen molar-refractivity contribution in [2.24, 2.45) is 0 Å². The van der Waals surface area contributed by atoms with Crippen LogP contribution < -0.4 is 4.74 Å². The third-order valence-electron chi connectivity index (χ3n) is 4.61. The van der Waals surface area contributed by atoms with Gasteiger partial charge in [-0.3, -0.25) is 4.79 Å². The van der Waals surface area contributed by atoms with Crippen LogP contribution >= 0.6 is 0 Å². The second-order valence-corrected chi connectivity index (χ2v) is 6.14. The summed E-state index contributed by atoms with van der Waals surface area (Å²) < 4.78 is 11.0. The van der Waals surface area contributed by atoms with Crippen LogP contribution in [0.5, 0.6) is 5.75 Å². The molecule has 3 aromatic rings. The number of fused-ring (bicyclic) bond motifs is 1. The van der Waals surface area contributed by atoms with E-state index < -0.39 is 0 Å². The van der Waals surface area contributed by atoms with Crippen molar-refractivity contribution < 1.29 is 13.9 Å². The number of carbonyl (C=O) groups is 1. The molecule has 0 spiro atoms. The molecule has 0 bridgehead atoms. The lowest BCUT2D eigenvalue weighted by molar-refractivity contribution is 0.0703. The molecule has 2 heterocycles. The molecule has 4 heteroatoms. The van der Waals surface area contributed by atoms with Crippen LogP contribution in [-0.2, 0) is 13.0 Å². The number of benzene rings is 2. The lowest BCUT2D eigenvalue weighted by Crippen LogP contribution is -2.35. The van der Waals surface area contributed by atoms with E-state index in [4.69, 9.17) is 9.15 Å². The molecule has 2 aromatic carbocycles. The van der Waals surface area contributed by atoms with Gasteiger partial charge in [-0.05, 0) is 53.9 Å². The molecule has 0 saturated carbocycles. The zero-order valence-electron chi connectivity index (χ0n) is 14.1. The van der Waals surface area contributed by atoms with Crippen molar-refractivity contribution in [2.75, 3.05) is 13.7 Å². The van der Waals surface area contributed by atoms with Gasteiger partial charge >= 0.3 is 0 Å². The average molecular weight is 333 g/mol. The Hall–Kier alpha value is -3.01. The summed E-state index contributed by atoms with van der Waals surface area (Å²) in [5.41, 5.74) is 3.46. The molecule has 1 aromatic heterocycles. The number of carbonyl (C=O) groups excluding carboxylic acids is 1. The van der Waals surface area contributed by atoms with E-state index in [1.807, 2.05) is 47.4 Å².